The molecular formula is C22H22N2O2. The summed E-state index contributed by atoms with van der Waals surface area (Å²) >= 11 is 0. The van der Waals surface area contributed by atoms with Gasteiger partial charge in [-0.15, -0.1) is 0 Å². The van der Waals surface area contributed by atoms with E-state index in [-0.39, 0.29) is 0 Å². The van der Waals surface area contributed by atoms with E-state index >= 15 is 0 Å². The highest BCUT2D eigenvalue weighted by Crippen LogP contribution is 2.27. The number of imidazole rings is 1. The maximum absolute atomic E-state index is 6.11. The van der Waals surface area contributed by atoms with Crippen molar-refractivity contribution in [1.29, 1.82) is 0 Å². The van der Waals surface area contributed by atoms with Crippen LogP contribution in [0.25, 0.3) is 22.6 Å². The molecule has 0 aliphatic carbocycles. The topological polar surface area (TPSA) is 40.2 Å². The van der Waals surface area contributed by atoms with Gasteiger partial charge >= 0.3 is 0 Å². The van der Waals surface area contributed by atoms with E-state index in [0.717, 1.165) is 28.4 Å². The number of benzene rings is 2. The minimum Gasteiger partial charge on any atom is -0.491 e. The van der Waals surface area contributed by atoms with Gasteiger partial charge in [0.15, 0.2) is 11.6 Å². The third-order valence-corrected chi connectivity index (χ3v) is 4.51. The number of aromatic nitrogens is 2. The number of nitrogens with zero attached hydrogens (tertiary/aromatic N) is 2. The summed E-state index contributed by atoms with van der Waals surface area (Å²) in [6, 6.07) is 20.2. The van der Waals surface area contributed by atoms with Crippen LogP contribution in [0.2, 0.25) is 0 Å². The van der Waals surface area contributed by atoms with Crippen molar-refractivity contribution in [3.63, 3.8) is 0 Å². The number of fused-ring (bicyclic) bond motifs is 1. The van der Waals surface area contributed by atoms with Crippen LogP contribution in [-0.4, -0.2) is 16.2 Å². The van der Waals surface area contributed by atoms with Crippen molar-refractivity contribution in [1.82, 2.24) is 9.55 Å². The van der Waals surface area contributed by atoms with Crippen molar-refractivity contribution in [2.45, 2.75) is 26.3 Å². The summed E-state index contributed by atoms with van der Waals surface area (Å²) < 4.78 is 13.9. The Bertz CT molecular complexity index is 1000. The van der Waals surface area contributed by atoms with Crippen molar-refractivity contribution >= 4 is 11.0 Å². The Morgan fingerprint density at radius 3 is 2.62 bits per heavy atom. The molecule has 0 N–H and O–H groups in total. The van der Waals surface area contributed by atoms with Crippen LogP contribution in [0.3, 0.4) is 0 Å². The predicted molar refractivity (Wildman–Crippen MR) is 103 cm³/mol. The monoisotopic (exact) mass is 346 g/mol. The molecule has 2 aromatic carbocycles. The molecule has 2 heterocycles. The summed E-state index contributed by atoms with van der Waals surface area (Å²) in [5.41, 5.74) is 3.27. The molecule has 2 aromatic heterocycles. The Hall–Kier alpha value is -3.01. The van der Waals surface area contributed by atoms with Crippen molar-refractivity contribution in [3.8, 4) is 17.3 Å². The van der Waals surface area contributed by atoms with Gasteiger partial charge in [0.05, 0.1) is 23.8 Å². The van der Waals surface area contributed by atoms with Gasteiger partial charge in [-0.05, 0) is 41.8 Å². The van der Waals surface area contributed by atoms with Crippen LogP contribution in [0.5, 0.6) is 5.75 Å². The predicted octanol–water partition coefficient (Wildman–Crippen LogP) is 5.50. The fourth-order valence-corrected chi connectivity index (χ4v) is 3.23. The second-order valence-corrected chi connectivity index (χ2v) is 6.59. The molecule has 0 aliphatic heterocycles. The van der Waals surface area contributed by atoms with Gasteiger partial charge < -0.3 is 13.7 Å². The molecule has 4 heteroatoms. The molecule has 0 saturated heterocycles. The standard InChI is InChI=1S/C22H22N2O2/c1-16(2)17-8-3-6-11-20(17)26-15-13-24-19-10-5-4-9-18(19)23-22(24)21-12-7-14-25-21/h3-12,14,16H,13,15H2,1-2H3. The van der Waals surface area contributed by atoms with Crippen molar-refractivity contribution in [2.75, 3.05) is 6.61 Å². The highest BCUT2D eigenvalue weighted by Gasteiger charge is 2.14. The Kier molecular flexibility index (Phi) is 4.48. The SMILES string of the molecule is CC(C)c1ccccc1OCCn1c(-c2ccco2)nc2ccccc21. The summed E-state index contributed by atoms with van der Waals surface area (Å²) in [5, 5.41) is 0. The Labute approximate surface area is 153 Å². The lowest BCUT2D eigenvalue weighted by Gasteiger charge is -2.15. The molecular weight excluding hydrogens is 324 g/mol. The van der Waals surface area contributed by atoms with Gasteiger partial charge in [-0.3, -0.25) is 0 Å². The normalized spacial score (nSPS) is 11.3. The average molecular weight is 346 g/mol. The van der Waals surface area contributed by atoms with E-state index in [1.165, 1.54) is 5.56 Å². The van der Waals surface area contributed by atoms with E-state index in [1.54, 1.807) is 6.26 Å². The van der Waals surface area contributed by atoms with E-state index in [0.29, 0.717) is 19.1 Å². The summed E-state index contributed by atoms with van der Waals surface area (Å²) in [7, 11) is 0. The maximum Gasteiger partial charge on any atom is 0.177 e. The lowest BCUT2D eigenvalue weighted by atomic mass is 10.0. The Balaban J connectivity index is 1.61. The quantitative estimate of drug-likeness (QED) is 0.463. The third kappa shape index (κ3) is 3.10. The highest BCUT2D eigenvalue weighted by atomic mass is 16.5. The van der Waals surface area contributed by atoms with Gasteiger partial charge in [0.1, 0.15) is 12.4 Å². The van der Waals surface area contributed by atoms with Gasteiger partial charge in [-0.2, -0.15) is 0 Å². The van der Waals surface area contributed by atoms with Gasteiger partial charge in [0.2, 0.25) is 0 Å². The first kappa shape index (κ1) is 16.5. The summed E-state index contributed by atoms with van der Waals surface area (Å²) in [6.07, 6.45) is 1.68. The second kappa shape index (κ2) is 7.08. The zero-order valence-corrected chi connectivity index (χ0v) is 15.1. The number of hydrogen-bond donors (Lipinski definition) is 0. The minimum atomic E-state index is 0.430. The molecule has 0 radical (unpaired) electrons. The molecule has 0 atom stereocenters. The molecule has 0 fully saturated rings. The molecule has 26 heavy (non-hydrogen) atoms. The van der Waals surface area contributed by atoms with E-state index in [9.17, 15) is 0 Å². The number of para-hydroxylation sites is 3. The molecule has 4 nitrogen and oxygen atoms in total. The fraction of sp³-hybridized carbons (Fsp3) is 0.227. The van der Waals surface area contributed by atoms with Crippen molar-refractivity contribution < 1.29 is 9.15 Å². The van der Waals surface area contributed by atoms with Crippen LogP contribution >= 0.6 is 0 Å². The largest absolute Gasteiger partial charge is 0.491 e. The van der Waals surface area contributed by atoms with Crippen LogP contribution in [0.15, 0.2) is 71.3 Å². The zero-order chi connectivity index (χ0) is 17.9. The van der Waals surface area contributed by atoms with Gasteiger partial charge in [-0.25, -0.2) is 4.98 Å². The van der Waals surface area contributed by atoms with Crippen molar-refractivity contribution in [3.05, 3.63) is 72.5 Å². The molecule has 0 spiro atoms. The first-order valence-corrected chi connectivity index (χ1v) is 8.95. The second-order valence-electron chi connectivity index (χ2n) is 6.59. The van der Waals surface area contributed by atoms with E-state index in [4.69, 9.17) is 14.1 Å². The maximum atomic E-state index is 6.11. The highest BCUT2D eigenvalue weighted by molar-refractivity contribution is 5.79. The van der Waals surface area contributed by atoms with Crippen LogP contribution in [0.1, 0.15) is 25.3 Å². The molecule has 4 rings (SSSR count). The van der Waals surface area contributed by atoms with Crippen molar-refractivity contribution in [2.24, 2.45) is 0 Å². The smallest absolute Gasteiger partial charge is 0.177 e. The summed E-state index contributed by atoms with van der Waals surface area (Å²) in [5.74, 6) is 2.98. The van der Waals surface area contributed by atoms with E-state index < -0.39 is 0 Å². The lowest BCUT2D eigenvalue weighted by molar-refractivity contribution is 0.296. The first-order valence-electron chi connectivity index (χ1n) is 8.95. The van der Waals surface area contributed by atoms with Crippen LogP contribution in [0.4, 0.5) is 0 Å². The number of rotatable bonds is 6. The summed E-state index contributed by atoms with van der Waals surface area (Å²) in [6.45, 7) is 5.63. The number of hydrogen-bond acceptors (Lipinski definition) is 3. The fourth-order valence-electron chi connectivity index (χ4n) is 3.23. The molecule has 0 unspecified atom stereocenters. The number of furan rings is 1. The third-order valence-electron chi connectivity index (χ3n) is 4.51. The Morgan fingerprint density at radius 1 is 1.00 bits per heavy atom. The number of ether oxygens (including phenoxy) is 1. The van der Waals surface area contributed by atoms with Gasteiger partial charge in [-0.1, -0.05) is 44.2 Å². The van der Waals surface area contributed by atoms with Gasteiger partial charge in [0, 0.05) is 0 Å². The van der Waals surface area contributed by atoms with Crippen LogP contribution in [-0.2, 0) is 6.54 Å². The summed E-state index contributed by atoms with van der Waals surface area (Å²) in [4.78, 5) is 4.74. The molecule has 0 bridgehead atoms. The van der Waals surface area contributed by atoms with E-state index in [2.05, 4.69) is 36.6 Å². The molecule has 4 aromatic rings. The van der Waals surface area contributed by atoms with E-state index in [1.807, 2.05) is 42.5 Å². The first-order chi connectivity index (χ1) is 12.7. The molecule has 0 aliphatic rings. The zero-order valence-electron chi connectivity index (χ0n) is 15.1. The molecule has 0 amide bonds. The van der Waals surface area contributed by atoms with Crippen LogP contribution in [0, 0.1) is 0 Å². The minimum absolute atomic E-state index is 0.430. The lowest BCUT2D eigenvalue weighted by Crippen LogP contribution is -2.10. The van der Waals surface area contributed by atoms with Crippen LogP contribution < -0.4 is 4.74 Å². The van der Waals surface area contributed by atoms with Gasteiger partial charge in [0.25, 0.3) is 0 Å². The average Bonchev–Trinajstić information content (AvgIpc) is 3.30. The molecule has 0 saturated carbocycles. The molecule has 132 valence electrons. The Morgan fingerprint density at radius 2 is 1.81 bits per heavy atom.